The standard InChI is InChI=1S/C17H26N2O3/c1-4-19(5-2)15-11-9-14(10-12-15)17(21)18-13-7-8-16(20)22-6-3/h9-12H,4-8,13H2,1-3H3,(H,18,21). The Labute approximate surface area is 132 Å². The second-order valence-electron chi connectivity index (χ2n) is 4.88. The van der Waals surface area contributed by atoms with Gasteiger partial charge in [-0.05, 0) is 51.5 Å². The van der Waals surface area contributed by atoms with Crippen LogP contribution in [0, 0.1) is 0 Å². The Balaban J connectivity index is 2.41. The minimum Gasteiger partial charge on any atom is -0.466 e. The summed E-state index contributed by atoms with van der Waals surface area (Å²) < 4.78 is 4.83. The molecule has 0 aliphatic rings. The molecule has 0 saturated heterocycles. The number of nitrogens with zero attached hydrogens (tertiary/aromatic N) is 1. The van der Waals surface area contributed by atoms with Crippen LogP contribution in [0.2, 0.25) is 0 Å². The van der Waals surface area contributed by atoms with Crippen molar-refractivity contribution in [3.05, 3.63) is 29.8 Å². The topological polar surface area (TPSA) is 58.6 Å². The Hall–Kier alpha value is -2.04. The average Bonchev–Trinajstić information content (AvgIpc) is 2.53. The Morgan fingerprint density at radius 1 is 1.09 bits per heavy atom. The van der Waals surface area contributed by atoms with Gasteiger partial charge in [-0.15, -0.1) is 0 Å². The van der Waals surface area contributed by atoms with Crippen LogP contribution in [0.5, 0.6) is 0 Å². The number of esters is 1. The fourth-order valence-corrected chi connectivity index (χ4v) is 2.18. The van der Waals surface area contributed by atoms with Crippen molar-refractivity contribution >= 4 is 17.6 Å². The first kappa shape index (κ1) is 18.0. The summed E-state index contributed by atoms with van der Waals surface area (Å²) in [5, 5.41) is 2.81. The molecule has 0 bridgehead atoms. The van der Waals surface area contributed by atoms with E-state index in [1.165, 1.54) is 0 Å². The van der Waals surface area contributed by atoms with E-state index in [9.17, 15) is 9.59 Å². The minimum absolute atomic E-state index is 0.116. The number of benzene rings is 1. The van der Waals surface area contributed by atoms with Crippen LogP contribution in [0.1, 0.15) is 44.0 Å². The van der Waals surface area contributed by atoms with E-state index in [-0.39, 0.29) is 11.9 Å². The summed E-state index contributed by atoms with van der Waals surface area (Å²) in [6.07, 6.45) is 0.914. The third-order valence-corrected chi connectivity index (χ3v) is 3.41. The summed E-state index contributed by atoms with van der Waals surface area (Å²) in [6, 6.07) is 7.57. The molecule has 0 radical (unpaired) electrons. The first-order valence-corrected chi connectivity index (χ1v) is 7.91. The van der Waals surface area contributed by atoms with Crippen LogP contribution in [0.15, 0.2) is 24.3 Å². The lowest BCUT2D eigenvalue weighted by Crippen LogP contribution is -2.25. The molecule has 0 atom stereocenters. The molecule has 0 fully saturated rings. The third kappa shape index (κ3) is 5.76. The molecule has 1 rings (SSSR count). The maximum Gasteiger partial charge on any atom is 0.305 e. The van der Waals surface area contributed by atoms with Gasteiger partial charge in [-0.1, -0.05) is 0 Å². The molecule has 1 N–H and O–H groups in total. The molecule has 0 aliphatic heterocycles. The molecule has 0 heterocycles. The van der Waals surface area contributed by atoms with Gasteiger partial charge in [0.25, 0.3) is 5.91 Å². The Kier molecular flexibility index (Phi) is 8.04. The van der Waals surface area contributed by atoms with E-state index in [0.29, 0.717) is 31.6 Å². The zero-order valence-corrected chi connectivity index (χ0v) is 13.7. The summed E-state index contributed by atoms with van der Waals surface area (Å²) >= 11 is 0. The van der Waals surface area contributed by atoms with Crippen molar-refractivity contribution in [2.24, 2.45) is 0 Å². The minimum atomic E-state index is -0.222. The van der Waals surface area contributed by atoms with E-state index >= 15 is 0 Å². The van der Waals surface area contributed by atoms with Crippen LogP contribution in [0.4, 0.5) is 5.69 Å². The van der Waals surface area contributed by atoms with Crippen molar-refractivity contribution in [2.75, 3.05) is 31.1 Å². The largest absolute Gasteiger partial charge is 0.466 e. The van der Waals surface area contributed by atoms with Crippen LogP contribution in [-0.4, -0.2) is 38.1 Å². The Morgan fingerprint density at radius 3 is 2.27 bits per heavy atom. The molecular formula is C17H26N2O3. The molecule has 0 aromatic heterocycles. The average molecular weight is 306 g/mol. The van der Waals surface area contributed by atoms with Gasteiger partial charge in [0.2, 0.25) is 0 Å². The van der Waals surface area contributed by atoms with E-state index in [2.05, 4.69) is 24.1 Å². The molecular weight excluding hydrogens is 280 g/mol. The van der Waals surface area contributed by atoms with Crippen LogP contribution in [0.3, 0.4) is 0 Å². The first-order chi connectivity index (χ1) is 10.6. The molecule has 1 aromatic carbocycles. The van der Waals surface area contributed by atoms with E-state index in [0.717, 1.165) is 18.8 Å². The van der Waals surface area contributed by atoms with Crippen molar-refractivity contribution in [1.29, 1.82) is 0 Å². The quantitative estimate of drug-likeness (QED) is 0.563. The van der Waals surface area contributed by atoms with E-state index < -0.39 is 0 Å². The maximum atomic E-state index is 12.0. The summed E-state index contributed by atoms with van der Waals surface area (Å²) in [7, 11) is 0. The van der Waals surface area contributed by atoms with E-state index in [1.54, 1.807) is 6.92 Å². The molecule has 1 amide bonds. The van der Waals surface area contributed by atoms with Crippen LogP contribution in [0.25, 0.3) is 0 Å². The SMILES string of the molecule is CCOC(=O)CCCNC(=O)c1ccc(N(CC)CC)cc1. The number of rotatable bonds is 9. The number of carbonyl (C=O) groups is 2. The Bertz CT molecular complexity index is 467. The zero-order valence-electron chi connectivity index (χ0n) is 13.7. The van der Waals surface area contributed by atoms with Crippen LogP contribution < -0.4 is 10.2 Å². The van der Waals surface area contributed by atoms with Crippen molar-refractivity contribution in [3.8, 4) is 0 Å². The van der Waals surface area contributed by atoms with Gasteiger partial charge in [-0.2, -0.15) is 0 Å². The zero-order chi connectivity index (χ0) is 16.4. The molecule has 5 heteroatoms. The highest BCUT2D eigenvalue weighted by molar-refractivity contribution is 5.94. The maximum absolute atomic E-state index is 12.0. The van der Waals surface area contributed by atoms with Crippen molar-refractivity contribution < 1.29 is 14.3 Å². The van der Waals surface area contributed by atoms with Crippen molar-refractivity contribution in [3.63, 3.8) is 0 Å². The van der Waals surface area contributed by atoms with Gasteiger partial charge in [-0.25, -0.2) is 0 Å². The lowest BCUT2D eigenvalue weighted by molar-refractivity contribution is -0.143. The number of carbonyl (C=O) groups excluding carboxylic acids is 2. The van der Waals surface area contributed by atoms with E-state index in [4.69, 9.17) is 4.74 Å². The van der Waals surface area contributed by atoms with Gasteiger partial charge in [-0.3, -0.25) is 9.59 Å². The van der Waals surface area contributed by atoms with Crippen molar-refractivity contribution in [2.45, 2.75) is 33.6 Å². The van der Waals surface area contributed by atoms with Gasteiger partial charge in [0.05, 0.1) is 6.61 Å². The second kappa shape index (κ2) is 9.82. The number of hydrogen-bond donors (Lipinski definition) is 1. The summed E-state index contributed by atoms with van der Waals surface area (Å²) in [6.45, 7) is 8.73. The summed E-state index contributed by atoms with van der Waals surface area (Å²) in [5.74, 6) is -0.338. The number of anilines is 1. The highest BCUT2D eigenvalue weighted by atomic mass is 16.5. The molecule has 0 saturated carbocycles. The van der Waals surface area contributed by atoms with Gasteiger partial charge < -0.3 is 15.0 Å². The summed E-state index contributed by atoms with van der Waals surface area (Å²) in [4.78, 5) is 25.4. The molecule has 0 spiro atoms. The van der Waals surface area contributed by atoms with Gasteiger partial charge in [0.15, 0.2) is 0 Å². The lowest BCUT2D eigenvalue weighted by Gasteiger charge is -2.21. The molecule has 122 valence electrons. The number of amides is 1. The highest BCUT2D eigenvalue weighted by Crippen LogP contribution is 2.14. The number of nitrogens with one attached hydrogen (secondary N) is 1. The molecule has 5 nitrogen and oxygen atoms in total. The predicted octanol–water partition coefficient (Wildman–Crippen LogP) is 2.61. The Morgan fingerprint density at radius 2 is 1.73 bits per heavy atom. The van der Waals surface area contributed by atoms with Crippen LogP contribution in [-0.2, 0) is 9.53 Å². The molecule has 1 aromatic rings. The summed E-state index contributed by atoms with van der Waals surface area (Å²) in [5.41, 5.74) is 1.75. The van der Waals surface area contributed by atoms with Gasteiger partial charge in [0, 0.05) is 37.3 Å². The van der Waals surface area contributed by atoms with Crippen LogP contribution >= 0.6 is 0 Å². The second-order valence-corrected chi connectivity index (χ2v) is 4.88. The molecule has 22 heavy (non-hydrogen) atoms. The van der Waals surface area contributed by atoms with Crippen molar-refractivity contribution in [1.82, 2.24) is 5.32 Å². The third-order valence-electron chi connectivity index (χ3n) is 3.41. The number of ether oxygens (including phenoxy) is 1. The van der Waals surface area contributed by atoms with Gasteiger partial charge >= 0.3 is 5.97 Å². The highest BCUT2D eigenvalue weighted by Gasteiger charge is 2.07. The number of hydrogen-bond acceptors (Lipinski definition) is 4. The fraction of sp³-hybridized carbons (Fsp3) is 0.529. The first-order valence-electron chi connectivity index (χ1n) is 7.91. The normalized spacial score (nSPS) is 10.1. The van der Waals surface area contributed by atoms with Gasteiger partial charge in [0.1, 0.15) is 0 Å². The molecule has 0 unspecified atom stereocenters. The monoisotopic (exact) mass is 306 g/mol. The lowest BCUT2D eigenvalue weighted by atomic mass is 10.1. The predicted molar refractivity (Wildman–Crippen MR) is 88.2 cm³/mol. The van der Waals surface area contributed by atoms with E-state index in [1.807, 2.05) is 24.3 Å². The fourth-order valence-electron chi connectivity index (χ4n) is 2.18. The molecule has 0 aliphatic carbocycles. The smallest absolute Gasteiger partial charge is 0.305 e.